The lowest BCUT2D eigenvalue weighted by Crippen LogP contribution is -2.20. The highest BCUT2D eigenvalue weighted by atomic mass is 35.5. The zero-order valence-corrected chi connectivity index (χ0v) is 14.1. The molecule has 0 fully saturated rings. The minimum atomic E-state index is -0.846. The predicted octanol–water partition coefficient (Wildman–Crippen LogP) is 3.18. The molecule has 1 amide bonds. The zero-order chi connectivity index (χ0) is 19.3. The van der Waals surface area contributed by atoms with Crippen molar-refractivity contribution < 1.29 is 24.1 Å². The van der Waals surface area contributed by atoms with Crippen LogP contribution in [0.15, 0.2) is 36.4 Å². The third-order valence-electron chi connectivity index (χ3n) is 3.13. The maximum absolute atomic E-state index is 12.0. The molecule has 0 bridgehead atoms. The minimum absolute atomic E-state index is 0.142. The molecule has 0 aliphatic heterocycles. The van der Waals surface area contributed by atoms with E-state index in [1.807, 2.05) is 0 Å². The topological polar surface area (TPSA) is 134 Å². The minimum Gasteiger partial charge on any atom is -0.485 e. The Kier molecular flexibility index (Phi) is 5.91. The summed E-state index contributed by atoms with van der Waals surface area (Å²) >= 11 is 5.89. The van der Waals surface area contributed by atoms with Gasteiger partial charge in [0.25, 0.3) is 11.7 Å². The van der Waals surface area contributed by atoms with Gasteiger partial charge in [-0.3, -0.25) is 25.0 Å². The summed E-state index contributed by atoms with van der Waals surface area (Å²) in [7, 11) is 1.07. The molecule has 0 saturated carbocycles. The largest absolute Gasteiger partial charge is 0.485 e. The van der Waals surface area contributed by atoms with Crippen LogP contribution >= 0.6 is 11.6 Å². The number of halogens is 1. The van der Waals surface area contributed by atoms with Crippen molar-refractivity contribution in [3.63, 3.8) is 0 Å². The van der Waals surface area contributed by atoms with Gasteiger partial charge >= 0.3 is 11.4 Å². The van der Waals surface area contributed by atoms with Gasteiger partial charge in [-0.25, -0.2) is 0 Å². The summed E-state index contributed by atoms with van der Waals surface area (Å²) in [6.45, 7) is -0.447. The Morgan fingerprint density at radius 2 is 1.73 bits per heavy atom. The van der Waals surface area contributed by atoms with E-state index >= 15 is 0 Å². The SMILES string of the molecule is COc1c([N+](=O)[O-])cc(NC(=O)COc2ccccc2Cl)cc1[N+](=O)[O-]. The van der Waals surface area contributed by atoms with Crippen LogP contribution in [0.5, 0.6) is 11.5 Å². The normalized spacial score (nSPS) is 10.1. The molecule has 10 nitrogen and oxygen atoms in total. The summed E-state index contributed by atoms with van der Waals surface area (Å²) in [5, 5.41) is 24.8. The molecule has 0 unspecified atom stereocenters. The Morgan fingerprint density at radius 3 is 2.23 bits per heavy atom. The lowest BCUT2D eigenvalue weighted by atomic mass is 10.2. The first kappa shape index (κ1) is 18.9. The zero-order valence-electron chi connectivity index (χ0n) is 13.3. The molecule has 11 heteroatoms. The number of nitrogens with one attached hydrogen (secondary N) is 1. The lowest BCUT2D eigenvalue weighted by Gasteiger charge is -2.10. The molecular weight excluding hydrogens is 370 g/mol. The van der Waals surface area contributed by atoms with E-state index in [1.54, 1.807) is 24.3 Å². The Labute approximate surface area is 151 Å². The van der Waals surface area contributed by atoms with Crippen LogP contribution in [0.4, 0.5) is 17.1 Å². The van der Waals surface area contributed by atoms with Crippen LogP contribution in [-0.2, 0) is 4.79 Å². The van der Waals surface area contributed by atoms with E-state index in [1.165, 1.54) is 0 Å². The molecule has 0 spiro atoms. The first-order chi connectivity index (χ1) is 12.3. The first-order valence-electron chi connectivity index (χ1n) is 7.01. The molecule has 0 aliphatic rings. The molecule has 2 aromatic carbocycles. The fourth-order valence-corrected chi connectivity index (χ4v) is 2.24. The van der Waals surface area contributed by atoms with Crippen molar-refractivity contribution in [2.45, 2.75) is 0 Å². The maximum Gasteiger partial charge on any atom is 0.320 e. The van der Waals surface area contributed by atoms with Crippen LogP contribution in [0.3, 0.4) is 0 Å². The molecule has 2 rings (SSSR count). The Morgan fingerprint density at radius 1 is 1.15 bits per heavy atom. The van der Waals surface area contributed by atoms with E-state index in [0.717, 1.165) is 19.2 Å². The lowest BCUT2D eigenvalue weighted by molar-refractivity contribution is -0.395. The van der Waals surface area contributed by atoms with Crippen molar-refractivity contribution in [2.24, 2.45) is 0 Å². The number of hydrogen-bond donors (Lipinski definition) is 1. The van der Waals surface area contributed by atoms with Crippen LogP contribution < -0.4 is 14.8 Å². The van der Waals surface area contributed by atoms with Crippen LogP contribution in [0.25, 0.3) is 0 Å². The summed E-state index contributed by atoms with van der Waals surface area (Å²) in [6.07, 6.45) is 0. The van der Waals surface area contributed by atoms with Gasteiger partial charge in [-0.05, 0) is 12.1 Å². The molecule has 0 heterocycles. The number of ether oxygens (including phenoxy) is 2. The van der Waals surface area contributed by atoms with E-state index in [-0.39, 0.29) is 11.4 Å². The third-order valence-corrected chi connectivity index (χ3v) is 3.44. The summed E-state index contributed by atoms with van der Waals surface area (Å²) in [4.78, 5) is 32.5. The number of rotatable bonds is 7. The van der Waals surface area contributed by atoms with Crippen molar-refractivity contribution in [3.8, 4) is 11.5 Å². The van der Waals surface area contributed by atoms with Crippen molar-refractivity contribution in [1.29, 1.82) is 0 Å². The Bertz CT molecular complexity index is 837. The fourth-order valence-electron chi connectivity index (χ4n) is 2.05. The van der Waals surface area contributed by atoms with Gasteiger partial charge in [0.2, 0.25) is 0 Å². The Hall–Kier alpha value is -3.40. The number of carbonyl (C=O) groups is 1. The number of hydrogen-bond acceptors (Lipinski definition) is 7. The highest BCUT2D eigenvalue weighted by Crippen LogP contribution is 2.39. The smallest absolute Gasteiger partial charge is 0.320 e. The summed E-state index contributed by atoms with van der Waals surface area (Å²) in [6, 6.07) is 8.39. The van der Waals surface area contributed by atoms with E-state index in [4.69, 9.17) is 21.1 Å². The highest BCUT2D eigenvalue weighted by molar-refractivity contribution is 6.32. The number of nitro benzene ring substituents is 2. The van der Waals surface area contributed by atoms with Crippen molar-refractivity contribution >= 4 is 34.6 Å². The maximum atomic E-state index is 12.0. The van der Waals surface area contributed by atoms with E-state index in [0.29, 0.717) is 5.02 Å². The van der Waals surface area contributed by atoms with Crippen LogP contribution in [0.2, 0.25) is 5.02 Å². The second-order valence-corrected chi connectivity index (χ2v) is 5.24. The van der Waals surface area contributed by atoms with Crippen molar-refractivity contribution in [1.82, 2.24) is 0 Å². The summed E-state index contributed by atoms with van der Waals surface area (Å²) in [5.41, 5.74) is -1.44. The number of anilines is 1. The van der Waals surface area contributed by atoms with Crippen molar-refractivity contribution in [3.05, 3.63) is 61.6 Å². The highest BCUT2D eigenvalue weighted by Gasteiger charge is 2.28. The van der Waals surface area contributed by atoms with Gasteiger partial charge in [0, 0.05) is 12.1 Å². The molecule has 136 valence electrons. The van der Waals surface area contributed by atoms with Gasteiger partial charge in [-0.15, -0.1) is 0 Å². The van der Waals surface area contributed by atoms with Gasteiger partial charge in [-0.1, -0.05) is 23.7 Å². The monoisotopic (exact) mass is 381 g/mol. The van der Waals surface area contributed by atoms with E-state index in [2.05, 4.69) is 5.32 Å². The van der Waals surface area contributed by atoms with Gasteiger partial charge < -0.3 is 14.8 Å². The summed E-state index contributed by atoms with van der Waals surface area (Å²) < 4.78 is 9.98. The molecule has 0 saturated heterocycles. The van der Waals surface area contributed by atoms with Gasteiger partial charge in [0.1, 0.15) is 5.75 Å². The molecule has 2 aromatic rings. The van der Waals surface area contributed by atoms with E-state index in [9.17, 15) is 25.0 Å². The van der Waals surface area contributed by atoms with Gasteiger partial charge in [0.15, 0.2) is 6.61 Å². The second-order valence-electron chi connectivity index (χ2n) is 4.83. The van der Waals surface area contributed by atoms with E-state index < -0.39 is 39.5 Å². The summed E-state index contributed by atoms with van der Waals surface area (Å²) in [5.74, 6) is -0.917. The molecule has 0 radical (unpaired) electrons. The van der Waals surface area contributed by atoms with Gasteiger partial charge in [0.05, 0.1) is 27.7 Å². The third kappa shape index (κ3) is 4.36. The number of amides is 1. The Balaban J connectivity index is 2.20. The molecule has 0 atom stereocenters. The number of nitro groups is 2. The van der Waals surface area contributed by atoms with Crippen molar-refractivity contribution in [2.75, 3.05) is 19.0 Å². The average molecular weight is 382 g/mol. The predicted molar refractivity (Wildman–Crippen MR) is 91.9 cm³/mol. The number of carbonyl (C=O) groups excluding carboxylic acids is 1. The first-order valence-corrected chi connectivity index (χ1v) is 7.39. The quantitative estimate of drug-likeness (QED) is 0.574. The number of nitrogens with zero attached hydrogens (tertiary/aromatic N) is 2. The number of benzene rings is 2. The number of methoxy groups -OCH3 is 1. The molecule has 26 heavy (non-hydrogen) atoms. The standard InChI is InChI=1S/C15H12ClN3O7/c1-25-15-11(18(21)22)6-9(7-12(15)19(23)24)17-14(20)8-26-13-5-3-2-4-10(13)16/h2-7H,8H2,1H3,(H,17,20). The molecule has 0 aliphatic carbocycles. The van der Waals surface area contributed by atoms with Gasteiger partial charge in [-0.2, -0.15) is 0 Å². The van der Waals surface area contributed by atoms with Crippen LogP contribution in [0.1, 0.15) is 0 Å². The number of para-hydroxylation sites is 1. The molecular formula is C15H12ClN3O7. The average Bonchev–Trinajstić information content (AvgIpc) is 2.60. The van der Waals surface area contributed by atoms with Crippen LogP contribution in [0, 0.1) is 20.2 Å². The second kappa shape index (κ2) is 8.12. The fraction of sp³-hybridized carbons (Fsp3) is 0.133. The molecule has 0 aromatic heterocycles. The van der Waals surface area contributed by atoms with Crippen LogP contribution in [-0.4, -0.2) is 29.5 Å². The molecule has 1 N–H and O–H groups in total.